The topological polar surface area (TPSA) is 80.0 Å². The van der Waals surface area contributed by atoms with E-state index in [4.69, 9.17) is 0 Å². The molecule has 0 spiro atoms. The van der Waals surface area contributed by atoms with Gasteiger partial charge in [-0.1, -0.05) is 12.1 Å². The lowest BCUT2D eigenvalue weighted by Crippen LogP contribution is -2.43. The van der Waals surface area contributed by atoms with Crippen LogP contribution in [0.25, 0.3) is 0 Å². The van der Waals surface area contributed by atoms with Crippen LogP contribution in [0.2, 0.25) is 0 Å². The maximum atomic E-state index is 11.7. The number of nitrogens with zero attached hydrogens (tertiary/aromatic N) is 2. The lowest BCUT2D eigenvalue weighted by atomic mass is 10.0. The molecule has 6 heteroatoms. The van der Waals surface area contributed by atoms with Crippen molar-refractivity contribution in [2.45, 2.75) is 25.9 Å². The second kappa shape index (κ2) is 4.39. The number of amides is 1. The van der Waals surface area contributed by atoms with Crippen molar-refractivity contribution in [1.29, 1.82) is 0 Å². The molecule has 0 saturated carbocycles. The number of carbonyl (C=O) groups is 1. The first-order valence-electron chi connectivity index (χ1n) is 5.03. The Morgan fingerprint density at radius 2 is 2.67 bits per heavy atom. The van der Waals surface area contributed by atoms with Crippen molar-refractivity contribution in [3.8, 4) is 0 Å². The fraction of sp³-hybridized carbons (Fsp3) is 0.667. The van der Waals surface area contributed by atoms with E-state index < -0.39 is 0 Å². The first-order chi connectivity index (χ1) is 7.27. The molecule has 0 aromatic carbocycles. The third kappa shape index (κ3) is 2.33. The number of hydrogen-bond acceptors (Lipinski definition) is 5. The monoisotopic (exact) mass is 210 g/mol. The highest BCUT2D eigenvalue weighted by molar-refractivity contribution is 5.82. The molecule has 6 nitrogen and oxygen atoms in total. The molecule has 2 N–H and O–H groups in total. The van der Waals surface area contributed by atoms with E-state index >= 15 is 0 Å². The Hall–Kier alpha value is -1.43. The highest BCUT2D eigenvalue weighted by Crippen LogP contribution is 2.14. The van der Waals surface area contributed by atoms with Gasteiger partial charge in [-0.25, -0.2) is 0 Å². The standard InChI is InChI=1S/C9H14N4O2/c1-6-2-3-10-8(6)9(14)11-4-7-12-5-15-13-7/h5-6,8,10H,2-4H2,1H3,(H,11,14). The summed E-state index contributed by atoms with van der Waals surface area (Å²) in [5.41, 5.74) is 0. The highest BCUT2D eigenvalue weighted by atomic mass is 16.5. The normalized spacial score (nSPS) is 25.4. The second-order valence-corrected chi connectivity index (χ2v) is 3.76. The number of carbonyl (C=O) groups excluding carboxylic acids is 1. The molecular weight excluding hydrogens is 196 g/mol. The summed E-state index contributed by atoms with van der Waals surface area (Å²) in [5, 5.41) is 9.54. The van der Waals surface area contributed by atoms with Gasteiger partial charge in [-0.2, -0.15) is 4.98 Å². The highest BCUT2D eigenvalue weighted by Gasteiger charge is 2.28. The van der Waals surface area contributed by atoms with Crippen LogP contribution >= 0.6 is 0 Å². The Morgan fingerprint density at radius 3 is 3.27 bits per heavy atom. The van der Waals surface area contributed by atoms with E-state index in [1.165, 1.54) is 6.39 Å². The summed E-state index contributed by atoms with van der Waals surface area (Å²) in [6, 6.07) is -0.0862. The molecule has 0 aliphatic carbocycles. The Kier molecular flexibility index (Phi) is 2.96. The van der Waals surface area contributed by atoms with Crippen LogP contribution in [0.4, 0.5) is 0 Å². The van der Waals surface area contributed by atoms with Gasteiger partial charge in [-0.3, -0.25) is 4.79 Å². The summed E-state index contributed by atoms with van der Waals surface area (Å²) < 4.78 is 4.57. The predicted octanol–water partition coefficient (Wildman–Crippen LogP) is -0.316. The van der Waals surface area contributed by atoms with Gasteiger partial charge in [-0.05, 0) is 18.9 Å². The van der Waals surface area contributed by atoms with Gasteiger partial charge in [0.25, 0.3) is 0 Å². The third-order valence-corrected chi connectivity index (χ3v) is 2.64. The first-order valence-corrected chi connectivity index (χ1v) is 5.03. The molecule has 1 aliphatic heterocycles. The van der Waals surface area contributed by atoms with Crippen molar-refractivity contribution < 1.29 is 9.32 Å². The average molecular weight is 210 g/mol. The van der Waals surface area contributed by atoms with Crippen molar-refractivity contribution in [2.75, 3.05) is 6.54 Å². The smallest absolute Gasteiger partial charge is 0.237 e. The fourth-order valence-corrected chi connectivity index (χ4v) is 1.73. The van der Waals surface area contributed by atoms with Gasteiger partial charge in [0.05, 0.1) is 12.6 Å². The van der Waals surface area contributed by atoms with Gasteiger partial charge in [0.1, 0.15) is 0 Å². The zero-order valence-corrected chi connectivity index (χ0v) is 8.56. The minimum Gasteiger partial charge on any atom is -0.347 e. The van der Waals surface area contributed by atoms with Gasteiger partial charge in [-0.15, -0.1) is 0 Å². The number of hydrogen-bond donors (Lipinski definition) is 2. The van der Waals surface area contributed by atoms with Crippen molar-refractivity contribution >= 4 is 5.91 Å². The van der Waals surface area contributed by atoms with Crippen LogP contribution in [0.3, 0.4) is 0 Å². The zero-order chi connectivity index (χ0) is 10.7. The third-order valence-electron chi connectivity index (χ3n) is 2.64. The van der Waals surface area contributed by atoms with E-state index in [1.807, 2.05) is 0 Å². The van der Waals surface area contributed by atoms with Gasteiger partial charge < -0.3 is 15.2 Å². The van der Waals surface area contributed by atoms with E-state index in [0.717, 1.165) is 13.0 Å². The van der Waals surface area contributed by atoms with Gasteiger partial charge in [0, 0.05) is 0 Å². The molecular formula is C9H14N4O2. The Balaban J connectivity index is 1.82. The van der Waals surface area contributed by atoms with Crippen LogP contribution in [-0.2, 0) is 11.3 Å². The van der Waals surface area contributed by atoms with Crippen molar-refractivity contribution in [2.24, 2.45) is 5.92 Å². The Bertz CT molecular complexity index is 325. The Labute approximate surface area is 87.4 Å². The summed E-state index contributed by atoms with van der Waals surface area (Å²) in [4.78, 5) is 15.5. The SMILES string of the molecule is CC1CCNC1C(=O)NCc1ncon1. The summed E-state index contributed by atoms with van der Waals surface area (Å²) in [6.07, 6.45) is 2.29. The quantitative estimate of drug-likeness (QED) is 0.715. The van der Waals surface area contributed by atoms with Gasteiger partial charge in [0.15, 0.2) is 5.82 Å². The average Bonchev–Trinajstić information content (AvgIpc) is 2.84. The minimum absolute atomic E-state index is 0.00444. The molecule has 2 atom stereocenters. The van der Waals surface area contributed by atoms with Crippen LogP contribution in [0.5, 0.6) is 0 Å². The lowest BCUT2D eigenvalue weighted by Gasteiger charge is -2.14. The number of aromatic nitrogens is 2. The van der Waals surface area contributed by atoms with E-state index in [0.29, 0.717) is 18.3 Å². The lowest BCUT2D eigenvalue weighted by molar-refractivity contribution is -0.123. The second-order valence-electron chi connectivity index (χ2n) is 3.76. The molecule has 1 amide bonds. The van der Waals surface area contributed by atoms with Crippen molar-refractivity contribution in [3.05, 3.63) is 12.2 Å². The molecule has 1 aliphatic rings. The van der Waals surface area contributed by atoms with Gasteiger partial charge in [0.2, 0.25) is 12.3 Å². The van der Waals surface area contributed by atoms with Crippen LogP contribution in [0, 0.1) is 5.92 Å². The van der Waals surface area contributed by atoms with E-state index in [-0.39, 0.29) is 11.9 Å². The number of rotatable bonds is 3. The minimum atomic E-state index is -0.0862. The Morgan fingerprint density at radius 1 is 1.80 bits per heavy atom. The van der Waals surface area contributed by atoms with Crippen LogP contribution in [-0.4, -0.2) is 28.6 Å². The number of nitrogens with one attached hydrogen (secondary N) is 2. The van der Waals surface area contributed by atoms with E-state index in [2.05, 4.69) is 32.2 Å². The summed E-state index contributed by atoms with van der Waals surface area (Å²) in [5.74, 6) is 0.883. The maximum Gasteiger partial charge on any atom is 0.237 e. The molecule has 2 heterocycles. The first kappa shape index (κ1) is 10.1. The predicted molar refractivity (Wildman–Crippen MR) is 51.7 cm³/mol. The summed E-state index contributed by atoms with van der Waals surface area (Å²) in [6.45, 7) is 3.29. The van der Waals surface area contributed by atoms with Crippen LogP contribution < -0.4 is 10.6 Å². The molecule has 15 heavy (non-hydrogen) atoms. The molecule has 2 rings (SSSR count). The molecule has 1 aromatic rings. The van der Waals surface area contributed by atoms with Crippen molar-refractivity contribution in [3.63, 3.8) is 0 Å². The van der Waals surface area contributed by atoms with E-state index in [1.54, 1.807) is 0 Å². The van der Waals surface area contributed by atoms with Crippen LogP contribution in [0.15, 0.2) is 10.9 Å². The molecule has 0 radical (unpaired) electrons. The maximum absolute atomic E-state index is 11.7. The summed E-state index contributed by atoms with van der Waals surface area (Å²) >= 11 is 0. The molecule has 2 unspecified atom stereocenters. The van der Waals surface area contributed by atoms with Crippen molar-refractivity contribution in [1.82, 2.24) is 20.8 Å². The fourth-order valence-electron chi connectivity index (χ4n) is 1.73. The molecule has 1 saturated heterocycles. The largest absolute Gasteiger partial charge is 0.347 e. The molecule has 0 bridgehead atoms. The van der Waals surface area contributed by atoms with E-state index in [9.17, 15) is 4.79 Å². The van der Waals surface area contributed by atoms with Crippen LogP contribution in [0.1, 0.15) is 19.2 Å². The van der Waals surface area contributed by atoms with Gasteiger partial charge >= 0.3 is 0 Å². The summed E-state index contributed by atoms with van der Waals surface area (Å²) in [7, 11) is 0. The molecule has 82 valence electrons. The molecule has 1 fully saturated rings. The molecule has 1 aromatic heterocycles. The zero-order valence-electron chi connectivity index (χ0n) is 8.56.